The summed E-state index contributed by atoms with van der Waals surface area (Å²) < 4.78 is 5.45. The van der Waals surface area contributed by atoms with Crippen molar-refractivity contribution in [1.29, 1.82) is 0 Å². The van der Waals surface area contributed by atoms with Crippen LogP contribution in [0.2, 0.25) is 0 Å². The molecular formula is C19H32N3OS+. The Morgan fingerprint density at radius 1 is 1.21 bits per heavy atom. The van der Waals surface area contributed by atoms with E-state index < -0.39 is 0 Å². The highest BCUT2D eigenvalue weighted by Gasteiger charge is 2.32. The Morgan fingerprint density at radius 2 is 1.88 bits per heavy atom. The summed E-state index contributed by atoms with van der Waals surface area (Å²) >= 11 is 5.45. The van der Waals surface area contributed by atoms with Crippen LogP contribution in [0.15, 0.2) is 24.3 Å². The molecule has 24 heavy (non-hydrogen) atoms. The Labute approximate surface area is 152 Å². The second kappa shape index (κ2) is 9.35. The lowest BCUT2D eigenvalue weighted by atomic mass is 10.0. The van der Waals surface area contributed by atoms with Crippen molar-refractivity contribution in [1.82, 2.24) is 5.32 Å². The van der Waals surface area contributed by atoms with Crippen molar-refractivity contribution in [3.8, 4) is 0 Å². The summed E-state index contributed by atoms with van der Waals surface area (Å²) in [5.41, 5.74) is 2.57. The van der Waals surface area contributed by atoms with E-state index in [0.29, 0.717) is 5.11 Å². The third-order valence-corrected chi connectivity index (χ3v) is 5.02. The molecule has 0 radical (unpaired) electrons. The molecule has 0 amide bonds. The molecular weight excluding hydrogens is 318 g/mol. The molecule has 134 valence electrons. The normalized spacial score (nSPS) is 16.0. The molecule has 1 aliphatic heterocycles. The van der Waals surface area contributed by atoms with Gasteiger partial charge in [-0.05, 0) is 56.6 Å². The largest absolute Gasteiger partial charge is 0.370 e. The Balaban J connectivity index is 1.77. The van der Waals surface area contributed by atoms with Crippen molar-refractivity contribution in [2.75, 3.05) is 38.2 Å². The highest BCUT2D eigenvalue weighted by atomic mass is 32.1. The molecule has 3 N–H and O–H groups in total. The van der Waals surface area contributed by atoms with Gasteiger partial charge in [-0.2, -0.15) is 0 Å². The van der Waals surface area contributed by atoms with Crippen LogP contribution in [0.1, 0.15) is 39.2 Å². The van der Waals surface area contributed by atoms with Crippen LogP contribution in [0.3, 0.4) is 0 Å². The molecule has 0 atom stereocenters. The molecule has 1 heterocycles. The van der Waals surface area contributed by atoms with Crippen LogP contribution in [0.25, 0.3) is 0 Å². The van der Waals surface area contributed by atoms with E-state index in [9.17, 15) is 0 Å². The third-order valence-electron chi connectivity index (χ3n) is 4.78. The van der Waals surface area contributed by atoms with Crippen LogP contribution in [-0.2, 0) is 11.2 Å². The van der Waals surface area contributed by atoms with Crippen molar-refractivity contribution in [3.05, 3.63) is 29.8 Å². The van der Waals surface area contributed by atoms with Crippen LogP contribution in [0, 0.1) is 0 Å². The lowest BCUT2D eigenvalue weighted by Gasteiger charge is -2.37. The molecule has 0 aromatic heterocycles. The molecule has 2 rings (SSSR count). The fraction of sp³-hybridized carbons (Fsp3) is 0.632. The van der Waals surface area contributed by atoms with Gasteiger partial charge in [0.15, 0.2) is 5.11 Å². The van der Waals surface area contributed by atoms with Gasteiger partial charge in [0.25, 0.3) is 0 Å². The van der Waals surface area contributed by atoms with Crippen molar-refractivity contribution in [3.63, 3.8) is 0 Å². The van der Waals surface area contributed by atoms with Crippen molar-refractivity contribution >= 4 is 23.0 Å². The van der Waals surface area contributed by atoms with E-state index in [-0.39, 0.29) is 5.54 Å². The average Bonchev–Trinajstić information content (AvgIpc) is 2.60. The molecule has 4 nitrogen and oxygen atoms in total. The Hall–Kier alpha value is -1.17. The first-order valence-electron chi connectivity index (χ1n) is 9.08. The van der Waals surface area contributed by atoms with Crippen LogP contribution >= 0.6 is 12.2 Å². The minimum Gasteiger partial charge on any atom is -0.370 e. The van der Waals surface area contributed by atoms with Gasteiger partial charge in [0.1, 0.15) is 18.6 Å². The van der Waals surface area contributed by atoms with Crippen molar-refractivity contribution in [2.45, 2.75) is 45.6 Å². The van der Waals surface area contributed by atoms with E-state index in [1.165, 1.54) is 18.4 Å². The minimum atomic E-state index is 0.138. The number of quaternary nitrogens is 1. The van der Waals surface area contributed by atoms with E-state index >= 15 is 0 Å². The van der Waals surface area contributed by atoms with E-state index in [0.717, 1.165) is 45.0 Å². The number of aryl methyl sites for hydroxylation is 1. The molecule has 0 spiro atoms. The summed E-state index contributed by atoms with van der Waals surface area (Å²) in [7, 11) is 0. The molecule has 0 unspecified atom stereocenters. The maximum absolute atomic E-state index is 5.45. The van der Waals surface area contributed by atoms with Gasteiger partial charge in [-0.1, -0.05) is 25.5 Å². The highest BCUT2D eigenvalue weighted by Crippen LogP contribution is 2.11. The highest BCUT2D eigenvalue weighted by molar-refractivity contribution is 7.80. The van der Waals surface area contributed by atoms with E-state index in [2.05, 4.69) is 55.7 Å². The Kier molecular flexibility index (Phi) is 7.46. The van der Waals surface area contributed by atoms with Gasteiger partial charge in [0, 0.05) is 5.69 Å². The number of nitrogens with one attached hydrogen (secondary N) is 3. The monoisotopic (exact) mass is 350 g/mol. The SMILES string of the molecule is CCCCc1ccc(NC(=S)NCC(C)(C)[NH+]2CCOCC2)cc1. The van der Waals surface area contributed by atoms with Crippen LogP contribution in [0.4, 0.5) is 5.69 Å². The number of benzene rings is 1. The number of morpholine rings is 1. The topological polar surface area (TPSA) is 37.7 Å². The Morgan fingerprint density at radius 3 is 2.50 bits per heavy atom. The second-order valence-corrected chi connectivity index (χ2v) is 7.62. The van der Waals surface area contributed by atoms with E-state index in [1.807, 2.05) is 0 Å². The summed E-state index contributed by atoms with van der Waals surface area (Å²) in [6.07, 6.45) is 3.62. The zero-order valence-corrected chi connectivity index (χ0v) is 16.1. The van der Waals surface area contributed by atoms with Gasteiger partial charge in [-0.25, -0.2) is 0 Å². The molecule has 1 saturated heterocycles. The molecule has 0 saturated carbocycles. The smallest absolute Gasteiger partial charge is 0.171 e. The summed E-state index contributed by atoms with van der Waals surface area (Å²) in [5.74, 6) is 0. The number of anilines is 1. The van der Waals surface area contributed by atoms with Crippen LogP contribution in [0.5, 0.6) is 0 Å². The first-order chi connectivity index (χ1) is 11.5. The average molecular weight is 351 g/mol. The van der Waals surface area contributed by atoms with Gasteiger partial charge in [0.2, 0.25) is 0 Å². The maximum Gasteiger partial charge on any atom is 0.171 e. The number of hydrogen-bond acceptors (Lipinski definition) is 2. The van der Waals surface area contributed by atoms with Gasteiger partial charge in [0.05, 0.1) is 19.8 Å². The van der Waals surface area contributed by atoms with Crippen molar-refractivity contribution < 1.29 is 9.64 Å². The molecule has 0 bridgehead atoms. The number of hydrogen-bond donors (Lipinski definition) is 3. The summed E-state index contributed by atoms with van der Waals surface area (Å²) in [4.78, 5) is 1.57. The zero-order chi connectivity index (χ0) is 17.4. The first kappa shape index (κ1) is 19.2. The number of ether oxygens (including phenoxy) is 1. The van der Waals surface area contributed by atoms with Crippen LogP contribution in [-0.4, -0.2) is 43.5 Å². The van der Waals surface area contributed by atoms with E-state index in [1.54, 1.807) is 4.90 Å². The zero-order valence-electron chi connectivity index (χ0n) is 15.3. The van der Waals surface area contributed by atoms with Gasteiger partial charge >= 0.3 is 0 Å². The quantitative estimate of drug-likeness (QED) is 0.658. The predicted octanol–water partition coefficient (Wildman–Crippen LogP) is 2.01. The standard InChI is InChI=1S/C19H31N3OS/c1-4-5-6-16-7-9-17(10-8-16)21-18(24)20-15-19(2,3)22-11-13-23-14-12-22/h7-10H,4-6,11-15H2,1-3H3,(H2,20,21,24)/p+1. The molecule has 1 aliphatic rings. The lowest BCUT2D eigenvalue weighted by Crippen LogP contribution is -3.22. The van der Waals surface area contributed by atoms with Gasteiger partial charge in [-0.3, -0.25) is 0 Å². The predicted molar refractivity (Wildman–Crippen MR) is 105 cm³/mol. The summed E-state index contributed by atoms with van der Waals surface area (Å²) in [6, 6.07) is 8.58. The number of thiocarbonyl (C=S) groups is 1. The van der Waals surface area contributed by atoms with Crippen LogP contribution < -0.4 is 15.5 Å². The first-order valence-corrected chi connectivity index (χ1v) is 9.49. The lowest BCUT2D eigenvalue weighted by molar-refractivity contribution is -0.954. The minimum absolute atomic E-state index is 0.138. The second-order valence-electron chi connectivity index (χ2n) is 7.21. The third kappa shape index (κ3) is 6.04. The molecule has 1 aromatic carbocycles. The summed E-state index contributed by atoms with van der Waals surface area (Å²) in [6.45, 7) is 11.5. The molecule has 1 fully saturated rings. The number of unbranched alkanes of at least 4 members (excludes halogenated alkanes) is 1. The Bertz CT molecular complexity index is 510. The van der Waals surface area contributed by atoms with Crippen molar-refractivity contribution in [2.24, 2.45) is 0 Å². The maximum atomic E-state index is 5.45. The fourth-order valence-electron chi connectivity index (χ4n) is 3.03. The molecule has 1 aromatic rings. The fourth-order valence-corrected chi connectivity index (χ4v) is 3.22. The molecule has 5 heteroatoms. The number of rotatable bonds is 7. The van der Waals surface area contributed by atoms with E-state index in [4.69, 9.17) is 17.0 Å². The van der Waals surface area contributed by atoms with Gasteiger partial charge in [-0.15, -0.1) is 0 Å². The molecule has 0 aliphatic carbocycles. The summed E-state index contributed by atoms with van der Waals surface area (Å²) in [5, 5.41) is 7.36. The van der Waals surface area contributed by atoms with Gasteiger partial charge < -0.3 is 20.3 Å².